The van der Waals surface area contributed by atoms with Crippen LogP contribution < -0.4 is 11.2 Å². The SMILES string of the molecule is C=COC(=O)CCCCC(=O)OC[C@H]1O[C@@H](n2ccc(=O)[nH]c2=O)[C@H](O)[C@@H]1O. The first-order valence-corrected chi connectivity index (χ1v) is 8.62. The van der Waals surface area contributed by atoms with Gasteiger partial charge < -0.3 is 24.4 Å². The minimum Gasteiger partial charge on any atom is -0.463 e. The maximum Gasteiger partial charge on any atom is 0.330 e. The van der Waals surface area contributed by atoms with Gasteiger partial charge >= 0.3 is 17.6 Å². The third-order valence-corrected chi connectivity index (χ3v) is 4.10. The van der Waals surface area contributed by atoms with Crippen LogP contribution >= 0.6 is 0 Å². The standard InChI is InChI=1S/C17H22N2O9/c1-2-26-12(21)5-3-4-6-13(22)27-9-10-14(23)15(24)16(28-10)19-8-7-11(20)18-17(19)25/h2,7-8,10,14-16,23-24H,1,3-6,9H2,(H,18,20,25)/t10-,14-,15-,16-/m1/s1. The molecule has 0 aromatic carbocycles. The number of nitrogens with zero attached hydrogens (tertiary/aromatic N) is 1. The van der Waals surface area contributed by atoms with E-state index in [4.69, 9.17) is 9.47 Å². The second-order valence-corrected chi connectivity index (χ2v) is 6.11. The Balaban J connectivity index is 1.80. The Labute approximate surface area is 159 Å². The van der Waals surface area contributed by atoms with E-state index in [1.165, 1.54) is 0 Å². The van der Waals surface area contributed by atoms with E-state index in [-0.39, 0.29) is 19.4 Å². The third kappa shape index (κ3) is 5.62. The number of esters is 2. The molecule has 1 aliphatic rings. The van der Waals surface area contributed by atoms with Gasteiger partial charge in [-0.15, -0.1) is 0 Å². The number of aromatic nitrogens is 2. The van der Waals surface area contributed by atoms with Crippen molar-refractivity contribution in [1.82, 2.24) is 9.55 Å². The molecule has 154 valence electrons. The highest BCUT2D eigenvalue weighted by Gasteiger charge is 2.44. The van der Waals surface area contributed by atoms with Crippen LogP contribution in [-0.4, -0.2) is 56.6 Å². The van der Waals surface area contributed by atoms with Crippen LogP contribution in [0, 0.1) is 0 Å². The van der Waals surface area contributed by atoms with Crippen molar-refractivity contribution in [2.45, 2.75) is 50.2 Å². The average Bonchev–Trinajstić information content (AvgIpc) is 2.92. The van der Waals surface area contributed by atoms with E-state index < -0.39 is 47.7 Å². The van der Waals surface area contributed by atoms with Crippen LogP contribution in [0.4, 0.5) is 0 Å². The lowest BCUT2D eigenvalue weighted by molar-refractivity contribution is -0.150. The van der Waals surface area contributed by atoms with Gasteiger partial charge in [-0.25, -0.2) is 4.79 Å². The number of carbonyl (C=O) groups excluding carboxylic acids is 2. The van der Waals surface area contributed by atoms with Crippen molar-refractivity contribution in [3.05, 3.63) is 45.9 Å². The summed E-state index contributed by atoms with van der Waals surface area (Å²) in [5.41, 5.74) is -1.42. The van der Waals surface area contributed by atoms with Crippen molar-refractivity contribution in [2.75, 3.05) is 6.61 Å². The van der Waals surface area contributed by atoms with Gasteiger partial charge in [-0.05, 0) is 12.8 Å². The molecule has 2 rings (SSSR count). The smallest absolute Gasteiger partial charge is 0.330 e. The summed E-state index contributed by atoms with van der Waals surface area (Å²) in [5, 5.41) is 20.2. The van der Waals surface area contributed by atoms with E-state index in [9.17, 15) is 29.4 Å². The number of nitrogens with one attached hydrogen (secondary N) is 1. The Kier molecular flexibility index (Phi) is 7.67. The lowest BCUT2D eigenvalue weighted by atomic mass is 10.1. The molecular weight excluding hydrogens is 376 g/mol. The molecule has 2 heterocycles. The molecule has 0 radical (unpaired) electrons. The summed E-state index contributed by atoms with van der Waals surface area (Å²) in [4.78, 5) is 47.8. The summed E-state index contributed by atoms with van der Waals surface area (Å²) >= 11 is 0. The molecule has 1 aliphatic heterocycles. The summed E-state index contributed by atoms with van der Waals surface area (Å²) in [7, 11) is 0. The van der Waals surface area contributed by atoms with E-state index in [2.05, 4.69) is 11.3 Å². The lowest BCUT2D eigenvalue weighted by Gasteiger charge is -2.16. The number of aliphatic hydroxyl groups is 2. The fourth-order valence-electron chi connectivity index (χ4n) is 2.66. The van der Waals surface area contributed by atoms with Crippen LogP contribution in [0.5, 0.6) is 0 Å². The Morgan fingerprint density at radius 1 is 1.21 bits per heavy atom. The van der Waals surface area contributed by atoms with Crippen molar-refractivity contribution in [3.8, 4) is 0 Å². The third-order valence-electron chi connectivity index (χ3n) is 4.10. The predicted octanol–water partition coefficient (Wildman–Crippen LogP) is -1.05. The first-order chi connectivity index (χ1) is 13.3. The molecule has 1 aromatic rings. The maximum atomic E-state index is 11.8. The molecule has 0 bridgehead atoms. The summed E-state index contributed by atoms with van der Waals surface area (Å²) in [6.07, 6.45) is -1.95. The lowest BCUT2D eigenvalue weighted by Crippen LogP contribution is -2.37. The molecule has 0 amide bonds. The number of hydrogen-bond acceptors (Lipinski definition) is 9. The molecule has 0 saturated carbocycles. The number of aliphatic hydroxyl groups excluding tert-OH is 2. The van der Waals surface area contributed by atoms with Crippen LogP contribution in [0.2, 0.25) is 0 Å². The predicted molar refractivity (Wildman–Crippen MR) is 93.0 cm³/mol. The fraction of sp³-hybridized carbons (Fsp3) is 0.529. The molecule has 4 atom stereocenters. The van der Waals surface area contributed by atoms with Crippen LogP contribution in [0.1, 0.15) is 31.9 Å². The number of unbranched alkanes of at least 4 members (excludes halogenated alkanes) is 1. The minimum absolute atomic E-state index is 0.0511. The number of hydrogen-bond donors (Lipinski definition) is 3. The van der Waals surface area contributed by atoms with Crippen molar-refractivity contribution in [2.24, 2.45) is 0 Å². The second kappa shape index (κ2) is 9.97. The molecule has 0 aliphatic carbocycles. The Hall–Kier alpha value is -2.76. The van der Waals surface area contributed by atoms with Crippen LogP contribution in [-0.2, 0) is 23.8 Å². The van der Waals surface area contributed by atoms with Gasteiger partial charge in [-0.2, -0.15) is 0 Å². The molecule has 0 unspecified atom stereocenters. The number of H-pyrrole nitrogens is 1. The van der Waals surface area contributed by atoms with Gasteiger partial charge in [0.25, 0.3) is 5.56 Å². The van der Waals surface area contributed by atoms with Crippen molar-refractivity contribution in [1.29, 1.82) is 0 Å². The summed E-state index contributed by atoms with van der Waals surface area (Å²) in [5.74, 6) is -1.00. The van der Waals surface area contributed by atoms with Crippen LogP contribution in [0.25, 0.3) is 0 Å². The first kappa shape index (κ1) is 21.5. The molecule has 28 heavy (non-hydrogen) atoms. The van der Waals surface area contributed by atoms with Crippen LogP contribution in [0.3, 0.4) is 0 Å². The summed E-state index contributed by atoms with van der Waals surface area (Å²) < 4.78 is 15.9. The Morgan fingerprint density at radius 2 is 1.89 bits per heavy atom. The van der Waals surface area contributed by atoms with Gasteiger partial charge in [0.05, 0.1) is 6.26 Å². The average molecular weight is 398 g/mol. The quantitative estimate of drug-likeness (QED) is 0.268. The monoisotopic (exact) mass is 398 g/mol. The number of carbonyl (C=O) groups is 2. The Bertz CT molecular complexity index is 815. The molecule has 1 fully saturated rings. The topological polar surface area (TPSA) is 157 Å². The van der Waals surface area contributed by atoms with Gasteiger partial charge in [-0.1, -0.05) is 6.58 Å². The molecule has 1 aromatic heterocycles. The minimum atomic E-state index is -1.46. The molecule has 11 nitrogen and oxygen atoms in total. The van der Waals surface area contributed by atoms with Crippen molar-refractivity contribution < 1.29 is 34.0 Å². The van der Waals surface area contributed by atoms with Crippen molar-refractivity contribution in [3.63, 3.8) is 0 Å². The zero-order valence-electron chi connectivity index (χ0n) is 15.0. The molecule has 11 heteroatoms. The normalized spacial score (nSPS) is 23.9. The molecule has 1 saturated heterocycles. The molecular formula is C17H22N2O9. The second-order valence-electron chi connectivity index (χ2n) is 6.11. The number of aromatic amines is 1. The fourth-order valence-corrected chi connectivity index (χ4v) is 2.66. The zero-order valence-corrected chi connectivity index (χ0v) is 15.0. The van der Waals surface area contributed by atoms with Gasteiger partial charge in [0.15, 0.2) is 6.23 Å². The summed E-state index contributed by atoms with van der Waals surface area (Å²) in [6.45, 7) is 2.93. The van der Waals surface area contributed by atoms with Crippen molar-refractivity contribution >= 4 is 11.9 Å². The highest BCUT2D eigenvalue weighted by atomic mass is 16.6. The Morgan fingerprint density at radius 3 is 2.54 bits per heavy atom. The summed E-state index contributed by atoms with van der Waals surface area (Å²) in [6, 6.07) is 1.07. The van der Waals surface area contributed by atoms with Gasteiger partial charge in [0, 0.05) is 25.1 Å². The number of rotatable bonds is 9. The maximum absolute atomic E-state index is 11.8. The van der Waals surface area contributed by atoms with E-state index in [0.29, 0.717) is 12.8 Å². The number of ether oxygens (including phenoxy) is 3. The van der Waals surface area contributed by atoms with E-state index in [1.54, 1.807) is 0 Å². The van der Waals surface area contributed by atoms with E-state index in [0.717, 1.165) is 23.1 Å². The largest absolute Gasteiger partial charge is 0.463 e. The molecule has 0 spiro atoms. The highest BCUT2D eigenvalue weighted by molar-refractivity contribution is 5.70. The zero-order chi connectivity index (χ0) is 20.7. The van der Waals surface area contributed by atoms with E-state index >= 15 is 0 Å². The first-order valence-electron chi connectivity index (χ1n) is 8.62. The van der Waals surface area contributed by atoms with Gasteiger partial charge in [0.2, 0.25) is 0 Å². The van der Waals surface area contributed by atoms with Gasteiger partial charge in [0.1, 0.15) is 24.9 Å². The molecule has 3 N–H and O–H groups in total. The highest BCUT2D eigenvalue weighted by Crippen LogP contribution is 2.28. The van der Waals surface area contributed by atoms with Gasteiger partial charge in [-0.3, -0.25) is 23.9 Å². The van der Waals surface area contributed by atoms with Crippen LogP contribution in [0.15, 0.2) is 34.7 Å². The van der Waals surface area contributed by atoms with E-state index in [1.807, 2.05) is 4.98 Å².